The number of nitrogens with zero attached hydrogens (tertiary/aromatic N) is 3. The van der Waals surface area contributed by atoms with Gasteiger partial charge < -0.3 is 9.80 Å². The van der Waals surface area contributed by atoms with Gasteiger partial charge >= 0.3 is 0 Å². The molecule has 0 bridgehead atoms. The lowest BCUT2D eigenvalue weighted by Gasteiger charge is -2.30. The van der Waals surface area contributed by atoms with Gasteiger partial charge in [-0.05, 0) is 39.2 Å². The minimum Gasteiger partial charge on any atom is -0.342 e. The average molecular weight is 338 g/mol. The molecular weight excluding hydrogens is 302 g/mol. The minimum atomic E-state index is -0.251. The summed E-state index contributed by atoms with van der Waals surface area (Å²) in [5, 5.41) is 0. The second-order valence-corrected chi connectivity index (χ2v) is 8.20. The van der Waals surface area contributed by atoms with Gasteiger partial charge in [0.1, 0.15) is 0 Å². The zero-order valence-electron chi connectivity index (χ0n) is 16.2. The molecular formula is C19H35N3O2. The van der Waals surface area contributed by atoms with Gasteiger partial charge in [0.05, 0.1) is 6.04 Å². The van der Waals surface area contributed by atoms with E-state index in [9.17, 15) is 9.59 Å². The Labute approximate surface area is 147 Å². The van der Waals surface area contributed by atoms with Crippen LogP contribution in [-0.2, 0) is 9.59 Å². The van der Waals surface area contributed by atoms with Crippen molar-refractivity contribution in [3.63, 3.8) is 0 Å². The molecule has 5 heteroatoms. The number of hydrogen-bond donors (Lipinski definition) is 0. The Bertz CT molecular complexity index is 464. The van der Waals surface area contributed by atoms with Gasteiger partial charge in [0.15, 0.2) is 0 Å². The number of likely N-dealkylation sites (tertiary alicyclic amines) is 2. The highest BCUT2D eigenvalue weighted by Crippen LogP contribution is 2.29. The highest BCUT2D eigenvalue weighted by molar-refractivity contribution is 5.84. The van der Waals surface area contributed by atoms with Gasteiger partial charge in [0.25, 0.3) is 0 Å². The van der Waals surface area contributed by atoms with Gasteiger partial charge in [-0.25, -0.2) is 0 Å². The number of amides is 2. The molecule has 2 heterocycles. The zero-order valence-corrected chi connectivity index (χ0v) is 16.2. The molecule has 0 saturated carbocycles. The fourth-order valence-corrected chi connectivity index (χ4v) is 4.31. The molecule has 2 atom stereocenters. The maximum Gasteiger partial charge on any atom is 0.239 e. The number of hydrogen-bond acceptors (Lipinski definition) is 3. The van der Waals surface area contributed by atoms with E-state index in [0.717, 1.165) is 58.4 Å². The van der Waals surface area contributed by atoms with Crippen LogP contribution in [0.4, 0.5) is 0 Å². The van der Waals surface area contributed by atoms with Crippen LogP contribution < -0.4 is 0 Å². The fourth-order valence-electron chi connectivity index (χ4n) is 4.31. The molecule has 2 fully saturated rings. The molecule has 5 nitrogen and oxygen atoms in total. The largest absolute Gasteiger partial charge is 0.342 e. The van der Waals surface area contributed by atoms with E-state index < -0.39 is 0 Å². The lowest BCUT2D eigenvalue weighted by molar-refractivity contribution is -0.140. The van der Waals surface area contributed by atoms with Crippen molar-refractivity contribution in [1.82, 2.24) is 14.7 Å². The van der Waals surface area contributed by atoms with Crippen molar-refractivity contribution in [1.29, 1.82) is 0 Å². The molecule has 0 radical (unpaired) electrons. The van der Waals surface area contributed by atoms with Crippen molar-refractivity contribution in [3.05, 3.63) is 0 Å². The Hall–Kier alpha value is -1.10. The van der Waals surface area contributed by atoms with Gasteiger partial charge in [-0.1, -0.05) is 27.2 Å². The lowest BCUT2D eigenvalue weighted by Crippen LogP contribution is -2.43. The quantitative estimate of drug-likeness (QED) is 0.715. The normalized spacial score (nSPS) is 25.2. The molecule has 0 aliphatic carbocycles. The Morgan fingerprint density at radius 1 is 1.25 bits per heavy atom. The zero-order chi connectivity index (χ0) is 17.9. The third kappa shape index (κ3) is 4.11. The third-order valence-electron chi connectivity index (χ3n) is 5.76. The van der Waals surface area contributed by atoms with E-state index in [4.69, 9.17) is 0 Å². The molecule has 2 aliphatic heterocycles. The molecule has 0 aromatic carbocycles. The predicted octanol–water partition coefficient (Wildman–Crippen LogP) is 2.21. The Balaban J connectivity index is 1.86. The van der Waals surface area contributed by atoms with Gasteiger partial charge in [0.2, 0.25) is 11.8 Å². The standard InChI is InChI=1S/C19H35N3O2/c1-6-10-19(3,4)18(24)22-11-8-15(14-22)13-20(5)16-9-12-21(7-2)17(16)23/h15-16H,6-14H2,1-5H3. The monoisotopic (exact) mass is 337 g/mol. The van der Waals surface area contributed by atoms with Crippen molar-refractivity contribution in [2.24, 2.45) is 11.3 Å². The van der Waals surface area contributed by atoms with Crippen LogP contribution in [0.5, 0.6) is 0 Å². The van der Waals surface area contributed by atoms with E-state index in [1.54, 1.807) is 0 Å². The lowest BCUT2D eigenvalue weighted by atomic mass is 9.86. The molecule has 138 valence electrons. The highest BCUT2D eigenvalue weighted by atomic mass is 16.2. The van der Waals surface area contributed by atoms with Crippen LogP contribution >= 0.6 is 0 Å². The summed E-state index contributed by atoms with van der Waals surface area (Å²) in [6.07, 6.45) is 3.96. The predicted molar refractivity (Wildman–Crippen MR) is 96.7 cm³/mol. The summed E-state index contributed by atoms with van der Waals surface area (Å²) < 4.78 is 0. The van der Waals surface area contributed by atoms with Crippen molar-refractivity contribution < 1.29 is 9.59 Å². The second-order valence-electron chi connectivity index (χ2n) is 8.20. The summed E-state index contributed by atoms with van der Waals surface area (Å²) in [5.74, 6) is 1.05. The Morgan fingerprint density at radius 2 is 1.96 bits per heavy atom. The summed E-state index contributed by atoms with van der Waals surface area (Å²) in [7, 11) is 2.06. The molecule has 2 aliphatic rings. The van der Waals surface area contributed by atoms with E-state index >= 15 is 0 Å². The number of likely N-dealkylation sites (N-methyl/N-ethyl adjacent to an activating group) is 2. The molecule has 2 unspecified atom stereocenters. The van der Waals surface area contributed by atoms with Crippen molar-refractivity contribution in [3.8, 4) is 0 Å². The van der Waals surface area contributed by atoms with Gasteiger partial charge in [-0.2, -0.15) is 0 Å². The summed E-state index contributed by atoms with van der Waals surface area (Å²) >= 11 is 0. The summed E-state index contributed by atoms with van der Waals surface area (Å²) in [4.78, 5) is 31.3. The summed E-state index contributed by atoms with van der Waals surface area (Å²) in [6, 6.07) is 0.0335. The van der Waals surface area contributed by atoms with Gasteiger partial charge in [-0.3, -0.25) is 14.5 Å². The van der Waals surface area contributed by atoms with Gasteiger partial charge in [-0.15, -0.1) is 0 Å². The number of carbonyl (C=O) groups excluding carboxylic acids is 2. The average Bonchev–Trinajstić information content (AvgIpc) is 3.12. The molecule has 2 saturated heterocycles. The van der Waals surface area contributed by atoms with E-state index in [2.05, 4.69) is 32.7 Å². The molecule has 0 aromatic heterocycles. The van der Waals surface area contributed by atoms with E-state index in [1.807, 2.05) is 16.7 Å². The molecule has 2 amide bonds. The molecule has 0 spiro atoms. The van der Waals surface area contributed by atoms with Crippen LogP contribution in [0.15, 0.2) is 0 Å². The van der Waals surface area contributed by atoms with Crippen LogP contribution in [0.3, 0.4) is 0 Å². The van der Waals surface area contributed by atoms with E-state index in [-0.39, 0.29) is 17.4 Å². The Morgan fingerprint density at radius 3 is 2.54 bits per heavy atom. The molecule has 0 aromatic rings. The van der Waals surface area contributed by atoms with E-state index in [1.165, 1.54) is 0 Å². The maximum atomic E-state index is 12.7. The van der Waals surface area contributed by atoms with Gasteiger partial charge in [0, 0.05) is 38.1 Å². The topological polar surface area (TPSA) is 43.9 Å². The smallest absolute Gasteiger partial charge is 0.239 e. The third-order valence-corrected chi connectivity index (χ3v) is 5.76. The first-order valence-electron chi connectivity index (χ1n) is 9.58. The van der Waals surface area contributed by atoms with Crippen LogP contribution in [0.2, 0.25) is 0 Å². The van der Waals surface area contributed by atoms with Crippen LogP contribution in [-0.4, -0.2) is 72.3 Å². The van der Waals surface area contributed by atoms with E-state index in [0.29, 0.717) is 11.8 Å². The first-order valence-corrected chi connectivity index (χ1v) is 9.58. The minimum absolute atomic E-state index is 0.0335. The number of carbonyl (C=O) groups is 2. The fraction of sp³-hybridized carbons (Fsp3) is 0.895. The summed E-state index contributed by atoms with van der Waals surface area (Å²) in [5.41, 5.74) is -0.251. The molecule has 2 rings (SSSR count). The van der Waals surface area contributed by atoms with Crippen LogP contribution in [0.1, 0.15) is 53.4 Å². The van der Waals surface area contributed by atoms with Crippen LogP contribution in [0.25, 0.3) is 0 Å². The SMILES string of the molecule is CCCC(C)(C)C(=O)N1CCC(CN(C)C2CCN(CC)C2=O)C1. The Kier molecular flexibility index (Phi) is 6.29. The highest BCUT2D eigenvalue weighted by Gasteiger charge is 2.38. The van der Waals surface area contributed by atoms with Crippen molar-refractivity contribution in [2.75, 3.05) is 39.8 Å². The first kappa shape index (κ1) is 19.2. The first-order chi connectivity index (χ1) is 11.3. The molecule has 24 heavy (non-hydrogen) atoms. The van der Waals surface area contributed by atoms with Crippen molar-refractivity contribution >= 4 is 11.8 Å². The van der Waals surface area contributed by atoms with Crippen molar-refractivity contribution in [2.45, 2.75) is 59.4 Å². The second kappa shape index (κ2) is 7.85. The summed E-state index contributed by atoms with van der Waals surface area (Å²) in [6.45, 7) is 12.6. The number of rotatable bonds is 7. The maximum absolute atomic E-state index is 12.7. The molecule has 0 N–H and O–H groups in total. The van der Waals surface area contributed by atoms with Crippen LogP contribution in [0, 0.1) is 11.3 Å².